The minimum atomic E-state index is -0.859. The fourth-order valence-corrected chi connectivity index (χ4v) is 3.28. The second kappa shape index (κ2) is 5.53. The maximum Gasteiger partial charge on any atom is 0.337 e. The lowest BCUT2D eigenvalue weighted by Crippen LogP contribution is -2.27. The SMILES string of the molecule is CCC1(CC)CCN(c2ccc(Br)cc2C(=O)O)C1. The van der Waals surface area contributed by atoms with E-state index in [9.17, 15) is 9.90 Å². The zero-order chi connectivity index (χ0) is 14.0. The summed E-state index contributed by atoms with van der Waals surface area (Å²) in [5.74, 6) is -0.859. The molecule has 0 aromatic heterocycles. The standard InChI is InChI=1S/C15H20BrNO2/c1-3-15(4-2)7-8-17(10-15)13-6-5-11(16)9-12(13)14(18)19/h5-6,9H,3-4,7-8,10H2,1-2H3,(H,18,19). The Bertz CT molecular complexity index is 483. The van der Waals surface area contributed by atoms with Crippen LogP contribution in [0.15, 0.2) is 22.7 Å². The molecule has 0 amide bonds. The van der Waals surface area contributed by atoms with E-state index in [1.807, 2.05) is 12.1 Å². The van der Waals surface area contributed by atoms with E-state index in [0.29, 0.717) is 11.0 Å². The van der Waals surface area contributed by atoms with Crippen molar-refractivity contribution in [3.63, 3.8) is 0 Å². The van der Waals surface area contributed by atoms with E-state index in [4.69, 9.17) is 0 Å². The maximum atomic E-state index is 11.4. The lowest BCUT2D eigenvalue weighted by molar-refractivity contribution is 0.0697. The van der Waals surface area contributed by atoms with Crippen molar-refractivity contribution in [1.82, 2.24) is 0 Å². The van der Waals surface area contributed by atoms with Crippen molar-refractivity contribution < 1.29 is 9.90 Å². The first-order valence-corrected chi connectivity index (χ1v) is 7.58. The zero-order valence-electron chi connectivity index (χ0n) is 11.4. The van der Waals surface area contributed by atoms with Gasteiger partial charge in [0.25, 0.3) is 0 Å². The number of nitrogens with zero attached hydrogens (tertiary/aromatic N) is 1. The molecule has 0 saturated carbocycles. The van der Waals surface area contributed by atoms with Crippen LogP contribution in [0.5, 0.6) is 0 Å². The van der Waals surface area contributed by atoms with Crippen LogP contribution in [-0.2, 0) is 0 Å². The highest BCUT2D eigenvalue weighted by atomic mass is 79.9. The molecule has 1 aliphatic heterocycles. The van der Waals surface area contributed by atoms with E-state index < -0.39 is 5.97 Å². The summed E-state index contributed by atoms with van der Waals surface area (Å²) in [6, 6.07) is 5.52. The number of anilines is 1. The molecule has 3 nitrogen and oxygen atoms in total. The molecule has 0 spiro atoms. The van der Waals surface area contributed by atoms with Crippen LogP contribution in [0.2, 0.25) is 0 Å². The van der Waals surface area contributed by atoms with Gasteiger partial charge >= 0.3 is 5.97 Å². The van der Waals surface area contributed by atoms with Crippen LogP contribution >= 0.6 is 15.9 Å². The Kier molecular flexibility index (Phi) is 4.19. The van der Waals surface area contributed by atoms with Crippen molar-refractivity contribution in [2.75, 3.05) is 18.0 Å². The fraction of sp³-hybridized carbons (Fsp3) is 0.533. The lowest BCUT2D eigenvalue weighted by Gasteiger charge is -2.27. The first-order chi connectivity index (χ1) is 9.01. The topological polar surface area (TPSA) is 40.5 Å². The third kappa shape index (κ3) is 2.78. The Morgan fingerprint density at radius 3 is 2.63 bits per heavy atom. The van der Waals surface area contributed by atoms with Gasteiger partial charge < -0.3 is 10.0 Å². The molecule has 1 aliphatic rings. The molecule has 0 radical (unpaired) electrons. The summed E-state index contributed by atoms with van der Waals surface area (Å²) in [6.45, 7) is 6.37. The summed E-state index contributed by atoms with van der Waals surface area (Å²) in [5, 5.41) is 9.35. The van der Waals surface area contributed by atoms with Gasteiger partial charge in [0.2, 0.25) is 0 Å². The van der Waals surface area contributed by atoms with Gasteiger partial charge in [-0.1, -0.05) is 29.8 Å². The fourth-order valence-electron chi connectivity index (χ4n) is 2.92. The third-order valence-corrected chi connectivity index (χ3v) is 4.96. The van der Waals surface area contributed by atoms with Crippen molar-refractivity contribution in [2.45, 2.75) is 33.1 Å². The molecule has 1 aromatic rings. The lowest BCUT2D eigenvalue weighted by atomic mass is 9.82. The van der Waals surface area contributed by atoms with Crippen molar-refractivity contribution in [3.05, 3.63) is 28.2 Å². The van der Waals surface area contributed by atoms with Gasteiger partial charge in [-0.15, -0.1) is 0 Å². The molecule has 0 aliphatic carbocycles. The highest BCUT2D eigenvalue weighted by Crippen LogP contribution is 2.40. The van der Waals surface area contributed by atoms with Crippen molar-refractivity contribution >= 4 is 27.6 Å². The van der Waals surface area contributed by atoms with Gasteiger partial charge in [-0.3, -0.25) is 0 Å². The Hall–Kier alpha value is -1.03. The largest absolute Gasteiger partial charge is 0.478 e. The second-order valence-electron chi connectivity index (χ2n) is 5.35. The second-order valence-corrected chi connectivity index (χ2v) is 6.26. The number of aromatic carboxylic acids is 1. The number of hydrogen-bond donors (Lipinski definition) is 1. The molecule has 1 fully saturated rings. The minimum Gasteiger partial charge on any atom is -0.478 e. The minimum absolute atomic E-state index is 0.350. The summed E-state index contributed by atoms with van der Waals surface area (Å²) in [4.78, 5) is 13.6. The number of rotatable bonds is 4. The van der Waals surface area contributed by atoms with Crippen LogP contribution in [0.25, 0.3) is 0 Å². The van der Waals surface area contributed by atoms with Gasteiger partial charge in [0.15, 0.2) is 0 Å². The van der Waals surface area contributed by atoms with Gasteiger partial charge in [0.05, 0.1) is 11.3 Å². The van der Waals surface area contributed by atoms with E-state index in [1.165, 1.54) is 0 Å². The van der Waals surface area contributed by atoms with Crippen LogP contribution in [0.3, 0.4) is 0 Å². The maximum absolute atomic E-state index is 11.4. The molecule has 19 heavy (non-hydrogen) atoms. The Morgan fingerprint density at radius 2 is 2.11 bits per heavy atom. The number of halogens is 1. The molecule has 1 saturated heterocycles. The summed E-state index contributed by atoms with van der Waals surface area (Å²) >= 11 is 3.34. The molecule has 1 N–H and O–H groups in total. The third-order valence-electron chi connectivity index (χ3n) is 4.47. The molecule has 2 rings (SSSR count). The average Bonchev–Trinajstić information content (AvgIpc) is 2.83. The molecule has 0 unspecified atom stereocenters. The smallest absolute Gasteiger partial charge is 0.337 e. The number of benzene rings is 1. The van der Waals surface area contributed by atoms with Gasteiger partial charge in [-0.2, -0.15) is 0 Å². The monoisotopic (exact) mass is 325 g/mol. The number of carboxylic acids is 1. The normalized spacial score (nSPS) is 17.7. The highest BCUT2D eigenvalue weighted by molar-refractivity contribution is 9.10. The first-order valence-electron chi connectivity index (χ1n) is 6.79. The molecule has 0 bridgehead atoms. The zero-order valence-corrected chi connectivity index (χ0v) is 13.0. The van der Waals surface area contributed by atoms with Gasteiger partial charge in [-0.25, -0.2) is 4.79 Å². The molecule has 4 heteroatoms. The summed E-state index contributed by atoms with van der Waals surface area (Å²) in [7, 11) is 0. The Balaban J connectivity index is 2.31. The predicted octanol–water partition coefficient (Wildman–Crippen LogP) is 4.16. The molecule has 1 aromatic carbocycles. The number of carbonyl (C=O) groups is 1. The van der Waals surface area contributed by atoms with Crippen LogP contribution in [0.4, 0.5) is 5.69 Å². The first kappa shape index (κ1) is 14.4. The summed E-state index contributed by atoms with van der Waals surface area (Å²) in [6.07, 6.45) is 3.45. The summed E-state index contributed by atoms with van der Waals surface area (Å²) in [5.41, 5.74) is 1.58. The van der Waals surface area contributed by atoms with E-state index in [-0.39, 0.29) is 0 Å². The molecular weight excluding hydrogens is 306 g/mol. The molecular formula is C15H20BrNO2. The van der Waals surface area contributed by atoms with E-state index in [0.717, 1.165) is 42.5 Å². The van der Waals surface area contributed by atoms with E-state index in [1.54, 1.807) is 6.07 Å². The Labute approximate surface area is 122 Å². The van der Waals surface area contributed by atoms with Crippen LogP contribution in [-0.4, -0.2) is 24.2 Å². The van der Waals surface area contributed by atoms with E-state index >= 15 is 0 Å². The van der Waals surface area contributed by atoms with Gasteiger partial charge in [-0.05, 0) is 42.9 Å². The molecule has 0 atom stereocenters. The van der Waals surface area contributed by atoms with Gasteiger partial charge in [0.1, 0.15) is 0 Å². The number of carboxylic acid groups (broad SMARTS) is 1. The van der Waals surface area contributed by atoms with Crippen molar-refractivity contribution in [2.24, 2.45) is 5.41 Å². The van der Waals surface area contributed by atoms with Crippen molar-refractivity contribution in [3.8, 4) is 0 Å². The van der Waals surface area contributed by atoms with E-state index in [2.05, 4.69) is 34.7 Å². The van der Waals surface area contributed by atoms with Crippen LogP contribution in [0, 0.1) is 5.41 Å². The van der Waals surface area contributed by atoms with Crippen molar-refractivity contribution in [1.29, 1.82) is 0 Å². The van der Waals surface area contributed by atoms with Crippen LogP contribution in [0.1, 0.15) is 43.5 Å². The highest BCUT2D eigenvalue weighted by Gasteiger charge is 2.36. The number of hydrogen-bond acceptors (Lipinski definition) is 2. The Morgan fingerprint density at radius 1 is 1.42 bits per heavy atom. The average molecular weight is 326 g/mol. The quantitative estimate of drug-likeness (QED) is 0.903. The predicted molar refractivity (Wildman–Crippen MR) is 80.9 cm³/mol. The van der Waals surface area contributed by atoms with Crippen LogP contribution < -0.4 is 4.90 Å². The summed E-state index contributed by atoms with van der Waals surface area (Å²) < 4.78 is 0.810. The molecule has 1 heterocycles. The molecule has 104 valence electrons. The van der Waals surface area contributed by atoms with Gasteiger partial charge in [0, 0.05) is 17.6 Å².